The number of aliphatic carboxylic acids is 1. The Bertz CT molecular complexity index is 935. The van der Waals surface area contributed by atoms with Crippen molar-refractivity contribution in [2.24, 2.45) is 23.3 Å². The van der Waals surface area contributed by atoms with Crippen molar-refractivity contribution >= 4 is 29.6 Å². The molecule has 12 heteroatoms. The molecule has 4 amide bonds. The number of hydrogen-bond acceptors (Lipinski definition) is 7. The van der Waals surface area contributed by atoms with E-state index in [0.717, 1.165) is 0 Å². The van der Waals surface area contributed by atoms with E-state index in [1.807, 2.05) is 0 Å². The van der Waals surface area contributed by atoms with Crippen molar-refractivity contribution in [2.45, 2.75) is 71.1 Å². The number of carbonyl (C=O) groups is 5. The molecular weight excluding hydrogens is 470 g/mol. The molecule has 0 fully saturated rings. The molecule has 5 atom stereocenters. The molecule has 0 heterocycles. The van der Waals surface area contributed by atoms with Gasteiger partial charge in [-0.15, -0.1) is 0 Å². The minimum absolute atomic E-state index is 0.00928. The lowest BCUT2D eigenvalue weighted by atomic mass is 9.97. The van der Waals surface area contributed by atoms with Crippen LogP contribution in [0.1, 0.15) is 46.1 Å². The van der Waals surface area contributed by atoms with Gasteiger partial charge in [0, 0.05) is 6.42 Å². The maximum Gasteiger partial charge on any atom is 0.326 e. The summed E-state index contributed by atoms with van der Waals surface area (Å²) >= 11 is 0. The second-order valence-corrected chi connectivity index (χ2v) is 9.15. The second-order valence-electron chi connectivity index (χ2n) is 9.15. The highest BCUT2D eigenvalue weighted by molar-refractivity contribution is 5.95. The van der Waals surface area contributed by atoms with Gasteiger partial charge in [-0.05, 0) is 29.5 Å². The second kappa shape index (κ2) is 14.0. The molecule has 9 N–H and O–H groups in total. The Morgan fingerprint density at radius 3 is 1.92 bits per heavy atom. The summed E-state index contributed by atoms with van der Waals surface area (Å²) in [6, 6.07) is 1.26. The summed E-state index contributed by atoms with van der Waals surface area (Å²) in [5.41, 5.74) is 11.3. The number of amides is 4. The predicted molar refractivity (Wildman–Crippen MR) is 131 cm³/mol. The average molecular weight is 508 g/mol. The normalized spacial score (nSPS) is 15.2. The van der Waals surface area contributed by atoms with E-state index in [1.54, 1.807) is 39.8 Å². The van der Waals surface area contributed by atoms with Crippen LogP contribution >= 0.6 is 0 Å². The third kappa shape index (κ3) is 9.53. The number of phenols is 1. The number of nitrogens with one attached hydrogen (secondary N) is 3. The zero-order chi connectivity index (χ0) is 27.6. The van der Waals surface area contributed by atoms with Crippen molar-refractivity contribution < 1.29 is 34.2 Å². The SMILES string of the molecule is CCC(C)C(NC(=O)C(Cc1ccc(O)cc1)NC(=O)C(NC(=O)C(N)CC(N)=O)C(C)C)C(=O)O. The van der Waals surface area contributed by atoms with Crippen molar-refractivity contribution in [1.29, 1.82) is 0 Å². The van der Waals surface area contributed by atoms with Gasteiger partial charge in [0.25, 0.3) is 0 Å². The third-order valence-corrected chi connectivity index (χ3v) is 5.79. The molecule has 12 nitrogen and oxygen atoms in total. The Morgan fingerprint density at radius 1 is 0.889 bits per heavy atom. The highest BCUT2D eigenvalue weighted by Gasteiger charge is 2.33. The van der Waals surface area contributed by atoms with E-state index in [4.69, 9.17) is 11.5 Å². The van der Waals surface area contributed by atoms with Crippen molar-refractivity contribution in [3.63, 3.8) is 0 Å². The van der Waals surface area contributed by atoms with Gasteiger partial charge in [-0.3, -0.25) is 19.2 Å². The van der Waals surface area contributed by atoms with Crippen LogP contribution in [0.2, 0.25) is 0 Å². The summed E-state index contributed by atoms with van der Waals surface area (Å²) in [4.78, 5) is 61.4. The molecule has 200 valence electrons. The summed E-state index contributed by atoms with van der Waals surface area (Å²) in [6.45, 7) is 6.82. The molecule has 0 saturated carbocycles. The van der Waals surface area contributed by atoms with Gasteiger partial charge in [0.15, 0.2) is 0 Å². The van der Waals surface area contributed by atoms with Crippen LogP contribution in [0.4, 0.5) is 0 Å². The highest BCUT2D eigenvalue weighted by Crippen LogP contribution is 2.14. The zero-order valence-corrected chi connectivity index (χ0v) is 21.0. The van der Waals surface area contributed by atoms with Gasteiger partial charge < -0.3 is 37.6 Å². The monoisotopic (exact) mass is 507 g/mol. The summed E-state index contributed by atoms with van der Waals surface area (Å²) in [5.74, 6) is -4.93. The molecule has 36 heavy (non-hydrogen) atoms. The van der Waals surface area contributed by atoms with Crippen molar-refractivity contribution in [3.05, 3.63) is 29.8 Å². The van der Waals surface area contributed by atoms with Crippen LogP contribution in [0.5, 0.6) is 5.75 Å². The van der Waals surface area contributed by atoms with E-state index < -0.39 is 66.1 Å². The van der Waals surface area contributed by atoms with Gasteiger partial charge in [0.05, 0.1) is 12.5 Å². The van der Waals surface area contributed by atoms with Crippen LogP contribution in [0.15, 0.2) is 24.3 Å². The molecule has 0 aliphatic rings. The summed E-state index contributed by atoms with van der Waals surface area (Å²) < 4.78 is 0. The lowest BCUT2D eigenvalue weighted by Crippen LogP contribution is -2.59. The number of carboxylic acid groups (broad SMARTS) is 1. The number of rotatable bonds is 14. The minimum Gasteiger partial charge on any atom is -0.508 e. The molecule has 0 radical (unpaired) electrons. The molecule has 5 unspecified atom stereocenters. The lowest BCUT2D eigenvalue weighted by molar-refractivity contribution is -0.143. The van der Waals surface area contributed by atoms with Gasteiger partial charge in [-0.2, -0.15) is 0 Å². The van der Waals surface area contributed by atoms with Crippen molar-refractivity contribution in [1.82, 2.24) is 16.0 Å². The molecule has 1 rings (SSSR count). The third-order valence-electron chi connectivity index (χ3n) is 5.79. The van der Waals surface area contributed by atoms with Crippen LogP contribution in [-0.2, 0) is 30.4 Å². The van der Waals surface area contributed by atoms with Crippen LogP contribution in [0, 0.1) is 11.8 Å². The van der Waals surface area contributed by atoms with Gasteiger partial charge in [0.1, 0.15) is 23.9 Å². The van der Waals surface area contributed by atoms with Crippen LogP contribution < -0.4 is 27.4 Å². The van der Waals surface area contributed by atoms with Crippen molar-refractivity contribution in [2.75, 3.05) is 0 Å². The zero-order valence-electron chi connectivity index (χ0n) is 21.0. The highest BCUT2D eigenvalue weighted by atomic mass is 16.4. The van der Waals surface area contributed by atoms with Gasteiger partial charge in [-0.25, -0.2) is 4.79 Å². The van der Waals surface area contributed by atoms with E-state index in [2.05, 4.69) is 16.0 Å². The maximum atomic E-state index is 13.1. The average Bonchev–Trinajstić information content (AvgIpc) is 2.79. The number of primary amides is 1. The fraction of sp³-hybridized carbons (Fsp3) is 0.542. The van der Waals surface area contributed by atoms with E-state index in [0.29, 0.717) is 12.0 Å². The maximum absolute atomic E-state index is 13.1. The van der Waals surface area contributed by atoms with Gasteiger partial charge >= 0.3 is 5.97 Å². The fourth-order valence-corrected chi connectivity index (χ4v) is 3.38. The quantitative estimate of drug-likeness (QED) is 0.172. The number of benzene rings is 1. The first kappa shape index (κ1) is 30.4. The Balaban J connectivity index is 3.16. The smallest absolute Gasteiger partial charge is 0.326 e. The van der Waals surface area contributed by atoms with E-state index >= 15 is 0 Å². The van der Waals surface area contributed by atoms with E-state index in [1.165, 1.54) is 12.1 Å². The first-order valence-corrected chi connectivity index (χ1v) is 11.7. The number of phenolic OH excluding ortho intramolecular Hbond substituents is 1. The van der Waals surface area contributed by atoms with E-state index in [9.17, 15) is 34.2 Å². The number of aromatic hydroxyl groups is 1. The lowest BCUT2D eigenvalue weighted by Gasteiger charge is -2.28. The molecule has 0 spiro atoms. The molecule has 1 aromatic carbocycles. The van der Waals surface area contributed by atoms with Crippen LogP contribution in [0.3, 0.4) is 0 Å². The largest absolute Gasteiger partial charge is 0.508 e. The fourth-order valence-electron chi connectivity index (χ4n) is 3.38. The summed E-state index contributed by atoms with van der Waals surface area (Å²) in [5, 5.41) is 26.7. The van der Waals surface area contributed by atoms with Crippen LogP contribution in [0.25, 0.3) is 0 Å². The Labute approximate surface area is 210 Å². The molecule has 0 saturated heterocycles. The molecule has 0 aliphatic heterocycles. The predicted octanol–water partition coefficient (Wildman–Crippen LogP) is -0.621. The van der Waals surface area contributed by atoms with Crippen LogP contribution in [-0.4, -0.2) is 64.0 Å². The first-order valence-electron chi connectivity index (χ1n) is 11.7. The number of carboxylic acids is 1. The summed E-state index contributed by atoms with van der Waals surface area (Å²) in [6.07, 6.45) is 0.0836. The molecule has 0 bridgehead atoms. The van der Waals surface area contributed by atoms with Gasteiger partial charge in [-0.1, -0.05) is 46.2 Å². The summed E-state index contributed by atoms with van der Waals surface area (Å²) in [7, 11) is 0. The Kier molecular flexibility index (Phi) is 11.8. The standard InChI is InChI=1S/C24H37N5O7/c1-5-13(4)20(24(35)36)29-22(33)17(10-14-6-8-15(30)9-7-14)27-23(34)19(12(2)3)28-21(32)16(25)11-18(26)31/h6-9,12-13,16-17,19-20,30H,5,10-11,25H2,1-4H3,(H2,26,31)(H,27,34)(H,28,32)(H,29,33)(H,35,36). The molecular formula is C24H37N5O7. The minimum atomic E-state index is -1.25. The topological polar surface area (TPSA) is 214 Å². The molecule has 0 aliphatic carbocycles. The first-order chi connectivity index (χ1) is 16.8. The van der Waals surface area contributed by atoms with E-state index in [-0.39, 0.29) is 18.1 Å². The Morgan fingerprint density at radius 2 is 1.44 bits per heavy atom. The number of carbonyl (C=O) groups excluding carboxylic acids is 4. The molecule has 1 aromatic rings. The molecule has 0 aromatic heterocycles. The van der Waals surface area contributed by atoms with Gasteiger partial charge in [0.2, 0.25) is 23.6 Å². The van der Waals surface area contributed by atoms with Crippen molar-refractivity contribution in [3.8, 4) is 5.75 Å². The Hall–Kier alpha value is -3.67. The number of nitrogens with two attached hydrogens (primary N) is 2. The number of hydrogen-bond donors (Lipinski definition) is 7.